The fourth-order valence-electron chi connectivity index (χ4n) is 2.70. The lowest BCUT2D eigenvalue weighted by Crippen LogP contribution is -2.19. The Morgan fingerprint density at radius 2 is 2.16 bits per heavy atom. The second kappa shape index (κ2) is 7.41. The first kappa shape index (κ1) is 15.0. The Hall–Kier alpha value is -0.380. The van der Waals surface area contributed by atoms with E-state index in [1.807, 2.05) is 11.3 Å². The Bertz CT molecular complexity index is 373. The average molecular weight is 280 g/mol. The standard InChI is InChI=1S/C16H28N2S/c1-4-14-7-8-18(11-14)12-16-6-5-15(19-16)10-17-9-13(2)3/h5-6,13-14,17H,4,7-12H2,1-3H3. The van der Waals surface area contributed by atoms with Gasteiger partial charge in [-0.1, -0.05) is 27.2 Å². The minimum Gasteiger partial charge on any atom is -0.312 e. The van der Waals surface area contributed by atoms with E-state index in [9.17, 15) is 0 Å². The summed E-state index contributed by atoms with van der Waals surface area (Å²) in [7, 11) is 0. The van der Waals surface area contributed by atoms with E-state index in [0.717, 1.165) is 31.5 Å². The van der Waals surface area contributed by atoms with Gasteiger partial charge in [-0.05, 0) is 43.5 Å². The van der Waals surface area contributed by atoms with E-state index in [4.69, 9.17) is 0 Å². The van der Waals surface area contributed by atoms with Crippen molar-refractivity contribution in [3.05, 3.63) is 21.9 Å². The van der Waals surface area contributed by atoms with E-state index in [0.29, 0.717) is 0 Å². The molecule has 19 heavy (non-hydrogen) atoms. The van der Waals surface area contributed by atoms with Gasteiger partial charge in [0.15, 0.2) is 0 Å². The van der Waals surface area contributed by atoms with E-state index < -0.39 is 0 Å². The molecule has 0 bridgehead atoms. The fraction of sp³-hybridized carbons (Fsp3) is 0.750. The lowest BCUT2D eigenvalue weighted by atomic mass is 10.1. The van der Waals surface area contributed by atoms with Crippen LogP contribution >= 0.6 is 11.3 Å². The molecule has 0 saturated carbocycles. The van der Waals surface area contributed by atoms with Gasteiger partial charge in [-0.2, -0.15) is 0 Å². The normalized spacial score (nSPS) is 20.5. The highest BCUT2D eigenvalue weighted by atomic mass is 32.1. The van der Waals surface area contributed by atoms with E-state index in [-0.39, 0.29) is 0 Å². The van der Waals surface area contributed by atoms with Gasteiger partial charge in [0.2, 0.25) is 0 Å². The van der Waals surface area contributed by atoms with Crippen LogP contribution in [0.25, 0.3) is 0 Å². The molecule has 1 N–H and O–H groups in total. The molecule has 1 atom stereocenters. The van der Waals surface area contributed by atoms with Crippen LogP contribution in [-0.4, -0.2) is 24.5 Å². The largest absolute Gasteiger partial charge is 0.312 e. The predicted molar refractivity (Wildman–Crippen MR) is 84.5 cm³/mol. The molecule has 0 aliphatic carbocycles. The molecule has 3 heteroatoms. The highest BCUT2D eigenvalue weighted by Crippen LogP contribution is 2.24. The van der Waals surface area contributed by atoms with Crippen LogP contribution in [0.4, 0.5) is 0 Å². The van der Waals surface area contributed by atoms with Crippen molar-refractivity contribution in [2.75, 3.05) is 19.6 Å². The Labute approximate surface area is 122 Å². The Kier molecular flexibility index (Phi) is 5.86. The summed E-state index contributed by atoms with van der Waals surface area (Å²) in [6.45, 7) is 12.7. The van der Waals surface area contributed by atoms with Gasteiger partial charge in [-0.25, -0.2) is 0 Å². The number of likely N-dealkylation sites (tertiary alicyclic amines) is 1. The molecule has 2 heterocycles. The molecule has 1 fully saturated rings. The molecule has 0 spiro atoms. The zero-order valence-electron chi connectivity index (χ0n) is 12.6. The summed E-state index contributed by atoms with van der Waals surface area (Å²) in [5.41, 5.74) is 0. The Morgan fingerprint density at radius 1 is 1.37 bits per heavy atom. The van der Waals surface area contributed by atoms with Crippen LogP contribution in [-0.2, 0) is 13.1 Å². The number of hydrogen-bond acceptors (Lipinski definition) is 3. The molecule has 0 aromatic carbocycles. The van der Waals surface area contributed by atoms with E-state index in [2.05, 4.69) is 43.1 Å². The number of thiophene rings is 1. The summed E-state index contributed by atoms with van der Waals surface area (Å²) in [6.07, 6.45) is 2.73. The van der Waals surface area contributed by atoms with Gasteiger partial charge in [0.1, 0.15) is 0 Å². The molecule has 1 saturated heterocycles. The highest BCUT2D eigenvalue weighted by molar-refractivity contribution is 7.11. The Balaban J connectivity index is 1.74. The third-order valence-corrected chi connectivity index (χ3v) is 4.97. The smallest absolute Gasteiger partial charge is 0.0328 e. The molecule has 2 rings (SSSR count). The summed E-state index contributed by atoms with van der Waals surface area (Å²) in [6, 6.07) is 4.61. The maximum Gasteiger partial charge on any atom is 0.0328 e. The SMILES string of the molecule is CCC1CCN(Cc2ccc(CNCC(C)C)s2)C1. The average Bonchev–Trinajstić information content (AvgIpc) is 2.99. The summed E-state index contributed by atoms with van der Waals surface area (Å²) in [5, 5.41) is 3.52. The summed E-state index contributed by atoms with van der Waals surface area (Å²) >= 11 is 1.98. The zero-order chi connectivity index (χ0) is 13.7. The predicted octanol–water partition coefficient (Wildman–Crippen LogP) is 3.73. The van der Waals surface area contributed by atoms with Crippen LogP contribution < -0.4 is 5.32 Å². The van der Waals surface area contributed by atoms with Crippen molar-refractivity contribution in [3.63, 3.8) is 0 Å². The van der Waals surface area contributed by atoms with E-state index in [1.165, 1.54) is 35.7 Å². The third kappa shape index (κ3) is 4.90. The van der Waals surface area contributed by atoms with Crippen LogP contribution in [0.2, 0.25) is 0 Å². The molecule has 1 aromatic rings. The Morgan fingerprint density at radius 3 is 2.84 bits per heavy atom. The van der Waals surface area contributed by atoms with E-state index in [1.54, 1.807) is 0 Å². The first-order valence-electron chi connectivity index (χ1n) is 7.68. The summed E-state index contributed by atoms with van der Waals surface area (Å²) in [4.78, 5) is 5.62. The van der Waals surface area contributed by atoms with Gasteiger partial charge in [-0.15, -0.1) is 11.3 Å². The molecule has 0 amide bonds. The molecule has 0 radical (unpaired) electrons. The number of hydrogen-bond donors (Lipinski definition) is 1. The minimum absolute atomic E-state index is 0.731. The van der Waals surface area contributed by atoms with Crippen molar-refractivity contribution in [1.82, 2.24) is 10.2 Å². The van der Waals surface area contributed by atoms with Crippen molar-refractivity contribution in [3.8, 4) is 0 Å². The number of nitrogens with one attached hydrogen (secondary N) is 1. The van der Waals surface area contributed by atoms with Gasteiger partial charge in [-0.3, -0.25) is 4.90 Å². The van der Waals surface area contributed by atoms with Crippen LogP contribution in [0.15, 0.2) is 12.1 Å². The summed E-state index contributed by atoms with van der Waals surface area (Å²) in [5.74, 6) is 1.67. The monoisotopic (exact) mass is 280 g/mol. The lowest BCUT2D eigenvalue weighted by Gasteiger charge is -2.14. The van der Waals surface area contributed by atoms with Crippen molar-refractivity contribution < 1.29 is 0 Å². The highest BCUT2D eigenvalue weighted by Gasteiger charge is 2.21. The third-order valence-electron chi connectivity index (χ3n) is 3.90. The van der Waals surface area contributed by atoms with Crippen LogP contribution in [0.5, 0.6) is 0 Å². The van der Waals surface area contributed by atoms with Gasteiger partial charge >= 0.3 is 0 Å². The van der Waals surface area contributed by atoms with Gasteiger partial charge in [0.05, 0.1) is 0 Å². The van der Waals surface area contributed by atoms with Gasteiger partial charge in [0.25, 0.3) is 0 Å². The second-order valence-electron chi connectivity index (χ2n) is 6.19. The van der Waals surface area contributed by atoms with Gasteiger partial charge in [0, 0.05) is 29.4 Å². The second-order valence-corrected chi connectivity index (χ2v) is 7.44. The molecule has 1 aromatic heterocycles. The molecule has 1 unspecified atom stereocenters. The fourth-order valence-corrected chi connectivity index (χ4v) is 3.73. The maximum absolute atomic E-state index is 3.52. The lowest BCUT2D eigenvalue weighted by molar-refractivity contribution is 0.318. The number of nitrogens with zero attached hydrogens (tertiary/aromatic N) is 1. The van der Waals surface area contributed by atoms with Crippen molar-refractivity contribution >= 4 is 11.3 Å². The molecule has 1 aliphatic heterocycles. The van der Waals surface area contributed by atoms with Crippen molar-refractivity contribution in [1.29, 1.82) is 0 Å². The molecule has 1 aliphatic rings. The topological polar surface area (TPSA) is 15.3 Å². The minimum atomic E-state index is 0.731. The molecular formula is C16H28N2S. The maximum atomic E-state index is 3.52. The van der Waals surface area contributed by atoms with Gasteiger partial charge < -0.3 is 5.32 Å². The van der Waals surface area contributed by atoms with Crippen LogP contribution in [0.3, 0.4) is 0 Å². The summed E-state index contributed by atoms with van der Waals surface area (Å²) < 4.78 is 0. The first-order chi connectivity index (χ1) is 9.17. The first-order valence-corrected chi connectivity index (χ1v) is 8.49. The molecular weight excluding hydrogens is 252 g/mol. The van der Waals surface area contributed by atoms with Crippen molar-refractivity contribution in [2.24, 2.45) is 11.8 Å². The molecule has 2 nitrogen and oxygen atoms in total. The van der Waals surface area contributed by atoms with E-state index >= 15 is 0 Å². The molecule has 108 valence electrons. The van der Waals surface area contributed by atoms with Crippen molar-refractivity contribution in [2.45, 2.75) is 46.7 Å². The van der Waals surface area contributed by atoms with Crippen LogP contribution in [0.1, 0.15) is 43.4 Å². The zero-order valence-corrected chi connectivity index (χ0v) is 13.4. The van der Waals surface area contributed by atoms with Crippen LogP contribution in [0, 0.1) is 11.8 Å². The quantitative estimate of drug-likeness (QED) is 0.819. The number of rotatable bonds is 7.